The average Bonchev–Trinajstić information content (AvgIpc) is 2.40. The van der Waals surface area contributed by atoms with Crippen LogP contribution in [0.3, 0.4) is 0 Å². The summed E-state index contributed by atoms with van der Waals surface area (Å²) in [6, 6.07) is 3.63. The van der Waals surface area contributed by atoms with E-state index in [0.29, 0.717) is 23.7 Å². The first-order valence-corrected chi connectivity index (χ1v) is 6.55. The Morgan fingerprint density at radius 2 is 1.68 bits per heavy atom. The number of rotatable bonds is 7. The second kappa shape index (κ2) is 7.67. The van der Waals surface area contributed by atoms with Crippen molar-refractivity contribution in [2.45, 2.75) is 39.5 Å². The van der Waals surface area contributed by atoms with Crippen LogP contribution in [0.25, 0.3) is 0 Å². The minimum absolute atomic E-state index is 0.256. The number of benzene rings is 1. The van der Waals surface area contributed by atoms with Crippen molar-refractivity contribution in [1.82, 2.24) is 0 Å². The van der Waals surface area contributed by atoms with Gasteiger partial charge in [0.25, 0.3) is 0 Å². The third-order valence-corrected chi connectivity index (χ3v) is 2.81. The van der Waals surface area contributed by atoms with Crippen molar-refractivity contribution < 1.29 is 19.0 Å². The molecule has 0 heterocycles. The van der Waals surface area contributed by atoms with Gasteiger partial charge < -0.3 is 14.2 Å². The maximum atomic E-state index is 11.8. The lowest BCUT2D eigenvalue weighted by Crippen LogP contribution is -2.09. The molecule has 0 aliphatic carbocycles. The summed E-state index contributed by atoms with van der Waals surface area (Å²) in [4.78, 5) is 11.8. The van der Waals surface area contributed by atoms with Gasteiger partial charge in [-0.2, -0.15) is 0 Å². The summed E-state index contributed by atoms with van der Waals surface area (Å²) in [7, 11) is 3.09. The van der Waals surface area contributed by atoms with E-state index in [1.54, 1.807) is 14.2 Å². The maximum absolute atomic E-state index is 11.8. The third-order valence-electron chi connectivity index (χ3n) is 2.81. The van der Waals surface area contributed by atoms with E-state index in [2.05, 4.69) is 6.92 Å². The van der Waals surface area contributed by atoms with Gasteiger partial charge in [-0.05, 0) is 31.0 Å². The van der Waals surface area contributed by atoms with Crippen LogP contribution in [0, 0.1) is 6.92 Å². The lowest BCUT2D eigenvalue weighted by Gasteiger charge is -2.14. The Morgan fingerprint density at radius 3 is 2.16 bits per heavy atom. The molecule has 1 rings (SSSR count). The maximum Gasteiger partial charge on any atom is 0.311 e. The minimum Gasteiger partial charge on any atom is -0.493 e. The highest BCUT2D eigenvalue weighted by molar-refractivity contribution is 5.74. The van der Waals surface area contributed by atoms with Crippen LogP contribution < -0.4 is 14.2 Å². The Hall–Kier alpha value is -1.71. The van der Waals surface area contributed by atoms with Gasteiger partial charge in [-0.1, -0.05) is 19.8 Å². The molecule has 4 heteroatoms. The first kappa shape index (κ1) is 15.3. The van der Waals surface area contributed by atoms with Crippen molar-refractivity contribution in [1.29, 1.82) is 0 Å². The number of ether oxygens (including phenoxy) is 3. The first-order chi connectivity index (χ1) is 9.12. The minimum atomic E-state index is -0.256. The topological polar surface area (TPSA) is 44.8 Å². The van der Waals surface area contributed by atoms with Crippen molar-refractivity contribution >= 4 is 5.97 Å². The average molecular weight is 266 g/mol. The zero-order valence-electron chi connectivity index (χ0n) is 12.1. The highest BCUT2D eigenvalue weighted by atomic mass is 16.6. The van der Waals surface area contributed by atoms with Crippen LogP contribution in [0.15, 0.2) is 12.1 Å². The standard InChI is InChI=1S/C15H22O4/c1-5-6-7-8-14(16)19-15-12(17-3)9-11(2)10-13(15)18-4/h9-10H,5-8H2,1-4H3. The fourth-order valence-corrected chi connectivity index (χ4v) is 1.80. The number of methoxy groups -OCH3 is 2. The molecule has 1 aromatic rings. The van der Waals surface area contributed by atoms with E-state index in [1.165, 1.54) is 0 Å². The van der Waals surface area contributed by atoms with Crippen LogP contribution in [0.1, 0.15) is 38.2 Å². The van der Waals surface area contributed by atoms with Gasteiger partial charge in [-0.15, -0.1) is 0 Å². The van der Waals surface area contributed by atoms with E-state index in [4.69, 9.17) is 14.2 Å². The third kappa shape index (κ3) is 4.47. The fraction of sp³-hybridized carbons (Fsp3) is 0.533. The molecule has 0 radical (unpaired) electrons. The van der Waals surface area contributed by atoms with Crippen molar-refractivity contribution in [3.8, 4) is 17.2 Å². The van der Waals surface area contributed by atoms with Crippen LogP contribution in [0.2, 0.25) is 0 Å². The molecule has 19 heavy (non-hydrogen) atoms. The molecule has 0 amide bonds. The summed E-state index contributed by atoms with van der Waals surface area (Å²) in [5.41, 5.74) is 0.986. The fourth-order valence-electron chi connectivity index (χ4n) is 1.80. The molecule has 0 spiro atoms. The molecule has 106 valence electrons. The Balaban J connectivity index is 2.83. The van der Waals surface area contributed by atoms with Gasteiger partial charge in [0.05, 0.1) is 14.2 Å². The summed E-state index contributed by atoms with van der Waals surface area (Å²) < 4.78 is 15.8. The van der Waals surface area contributed by atoms with E-state index < -0.39 is 0 Å². The number of carbonyl (C=O) groups is 1. The summed E-state index contributed by atoms with van der Waals surface area (Å²) in [5, 5.41) is 0. The van der Waals surface area contributed by atoms with E-state index in [9.17, 15) is 4.79 Å². The van der Waals surface area contributed by atoms with Crippen molar-refractivity contribution in [3.05, 3.63) is 17.7 Å². The highest BCUT2D eigenvalue weighted by Crippen LogP contribution is 2.38. The summed E-state index contributed by atoms with van der Waals surface area (Å²) in [6.45, 7) is 4.02. The normalized spacial score (nSPS) is 10.1. The molecule has 0 aromatic heterocycles. The summed E-state index contributed by atoms with van der Waals surface area (Å²) in [6.07, 6.45) is 3.35. The summed E-state index contributed by atoms with van der Waals surface area (Å²) in [5.74, 6) is 1.13. The Morgan fingerprint density at radius 1 is 1.11 bits per heavy atom. The first-order valence-electron chi connectivity index (χ1n) is 6.55. The smallest absolute Gasteiger partial charge is 0.311 e. The molecule has 0 unspecified atom stereocenters. The van der Waals surface area contributed by atoms with Gasteiger partial charge in [0.2, 0.25) is 5.75 Å². The lowest BCUT2D eigenvalue weighted by molar-refractivity contribution is -0.134. The second-order valence-corrected chi connectivity index (χ2v) is 4.43. The van der Waals surface area contributed by atoms with Crippen LogP contribution in [0.4, 0.5) is 0 Å². The van der Waals surface area contributed by atoms with Gasteiger partial charge in [0, 0.05) is 6.42 Å². The van der Waals surface area contributed by atoms with Crippen LogP contribution >= 0.6 is 0 Å². The molecule has 0 saturated carbocycles. The molecule has 0 aliphatic heterocycles. The zero-order chi connectivity index (χ0) is 14.3. The van der Waals surface area contributed by atoms with E-state index in [0.717, 1.165) is 24.8 Å². The van der Waals surface area contributed by atoms with Crippen molar-refractivity contribution in [2.75, 3.05) is 14.2 Å². The highest BCUT2D eigenvalue weighted by Gasteiger charge is 2.16. The van der Waals surface area contributed by atoms with Gasteiger partial charge in [-0.25, -0.2) is 0 Å². The Kier molecular flexibility index (Phi) is 6.19. The zero-order valence-corrected chi connectivity index (χ0v) is 12.1. The Labute approximate surface area is 114 Å². The largest absolute Gasteiger partial charge is 0.493 e. The molecular formula is C15H22O4. The van der Waals surface area contributed by atoms with Gasteiger partial charge in [0.15, 0.2) is 11.5 Å². The quantitative estimate of drug-likeness (QED) is 0.430. The molecule has 0 bridgehead atoms. The number of unbranched alkanes of at least 4 members (excludes halogenated alkanes) is 2. The van der Waals surface area contributed by atoms with E-state index in [-0.39, 0.29) is 5.97 Å². The predicted octanol–water partition coefficient (Wildman–Crippen LogP) is 3.50. The Bertz CT molecular complexity index is 401. The van der Waals surface area contributed by atoms with Crippen molar-refractivity contribution in [2.24, 2.45) is 0 Å². The second-order valence-electron chi connectivity index (χ2n) is 4.43. The summed E-state index contributed by atoms with van der Waals surface area (Å²) >= 11 is 0. The molecule has 0 N–H and O–H groups in total. The van der Waals surface area contributed by atoms with E-state index in [1.807, 2.05) is 19.1 Å². The van der Waals surface area contributed by atoms with Crippen LogP contribution in [-0.4, -0.2) is 20.2 Å². The van der Waals surface area contributed by atoms with Gasteiger partial charge >= 0.3 is 5.97 Å². The SMILES string of the molecule is CCCCCC(=O)Oc1c(OC)cc(C)cc1OC. The number of hydrogen-bond donors (Lipinski definition) is 0. The predicted molar refractivity (Wildman–Crippen MR) is 74.1 cm³/mol. The number of aryl methyl sites for hydroxylation is 1. The van der Waals surface area contributed by atoms with Crippen LogP contribution in [-0.2, 0) is 4.79 Å². The van der Waals surface area contributed by atoms with Crippen molar-refractivity contribution in [3.63, 3.8) is 0 Å². The number of esters is 1. The molecule has 0 atom stereocenters. The monoisotopic (exact) mass is 266 g/mol. The molecule has 0 saturated heterocycles. The number of carbonyl (C=O) groups excluding carboxylic acids is 1. The van der Waals surface area contributed by atoms with Gasteiger partial charge in [-0.3, -0.25) is 4.79 Å². The lowest BCUT2D eigenvalue weighted by atomic mass is 10.2. The molecule has 4 nitrogen and oxygen atoms in total. The van der Waals surface area contributed by atoms with Crippen LogP contribution in [0.5, 0.6) is 17.2 Å². The van der Waals surface area contributed by atoms with Gasteiger partial charge in [0.1, 0.15) is 0 Å². The molecular weight excluding hydrogens is 244 g/mol. The van der Waals surface area contributed by atoms with E-state index >= 15 is 0 Å². The molecule has 1 aromatic carbocycles. The number of hydrogen-bond acceptors (Lipinski definition) is 4. The molecule has 0 aliphatic rings. The molecule has 0 fully saturated rings.